The number of carbonyl (C=O) groups excluding carboxylic acids is 1. The lowest BCUT2D eigenvalue weighted by Crippen LogP contribution is -2.38. The molecule has 0 radical (unpaired) electrons. The number of aliphatic hydroxyl groups is 1. The van der Waals surface area contributed by atoms with Crippen molar-refractivity contribution in [3.05, 3.63) is 48.2 Å². The zero-order valence-electron chi connectivity index (χ0n) is 16.2. The van der Waals surface area contributed by atoms with Crippen molar-refractivity contribution in [1.82, 2.24) is 10.3 Å². The normalized spacial score (nSPS) is 15.0. The summed E-state index contributed by atoms with van der Waals surface area (Å²) in [6.45, 7) is 1.34. The Labute approximate surface area is 171 Å². The van der Waals surface area contributed by atoms with Gasteiger partial charge in [-0.25, -0.2) is 9.78 Å². The minimum atomic E-state index is -4.47. The second kappa shape index (κ2) is 9.66. The quantitative estimate of drug-likeness (QED) is 0.635. The highest BCUT2D eigenvalue weighted by Gasteiger charge is 2.30. The Hall–Kier alpha value is -3.01. The molecule has 3 N–H and O–H groups in total. The Kier molecular flexibility index (Phi) is 6.99. The van der Waals surface area contributed by atoms with Crippen molar-refractivity contribution < 1.29 is 27.8 Å². The van der Waals surface area contributed by atoms with Crippen molar-refractivity contribution in [2.45, 2.75) is 25.1 Å². The predicted octanol–water partition coefficient (Wildman–Crippen LogP) is 3.26. The summed E-state index contributed by atoms with van der Waals surface area (Å²) in [4.78, 5) is 18.6. The molecular formula is C20H23F3N4O3. The number of urea groups is 1. The number of nitrogens with zero attached hydrogens (tertiary/aromatic N) is 2. The van der Waals surface area contributed by atoms with E-state index in [0.29, 0.717) is 11.5 Å². The fourth-order valence-electron chi connectivity index (χ4n) is 3.07. The van der Waals surface area contributed by atoms with E-state index < -0.39 is 23.9 Å². The number of pyridine rings is 1. The van der Waals surface area contributed by atoms with Crippen LogP contribution in [0.3, 0.4) is 0 Å². The third kappa shape index (κ3) is 5.99. The van der Waals surface area contributed by atoms with Crippen molar-refractivity contribution in [1.29, 1.82) is 0 Å². The number of ether oxygens (including phenoxy) is 1. The van der Waals surface area contributed by atoms with Crippen LogP contribution in [-0.2, 0) is 6.18 Å². The molecule has 1 fully saturated rings. The van der Waals surface area contributed by atoms with Gasteiger partial charge in [-0.05, 0) is 43.2 Å². The first kappa shape index (κ1) is 21.7. The van der Waals surface area contributed by atoms with Gasteiger partial charge in [-0.3, -0.25) is 0 Å². The lowest BCUT2D eigenvalue weighted by atomic mass is 10.2. The van der Waals surface area contributed by atoms with Crippen molar-refractivity contribution in [3.8, 4) is 5.75 Å². The number of alkyl halides is 3. The van der Waals surface area contributed by atoms with Crippen LogP contribution in [0.15, 0.2) is 42.6 Å². The third-order valence-corrected chi connectivity index (χ3v) is 4.54. The van der Waals surface area contributed by atoms with Gasteiger partial charge in [0.2, 0.25) is 0 Å². The highest BCUT2D eigenvalue weighted by atomic mass is 19.4. The van der Waals surface area contributed by atoms with E-state index in [4.69, 9.17) is 4.74 Å². The van der Waals surface area contributed by atoms with Crippen molar-refractivity contribution in [2.24, 2.45) is 0 Å². The summed E-state index contributed by atoms with van der Waals surface area (Å²) in [7, 11) is 0. The number of anilines is 2. The molecule has 30 heavy (non-hydrogen) atoms. The SMILES string of the molecule is O=C(NCC(O)COc1cccc(C(F)(F)F)c1)Nc1cccnc1N1CCCC1. The van der Waals surface area contributed by atoms with Gasteiger partial charge in [-0.2, -0.15) is 13.2 Å². The highest BCUT2D eigenvalue weighted by molar-refractivity contribution is 5.92. The first-order valence-electron chi connectivity index (χ1n) is 9.56. The fourth-order valence-corrected chi connectivity index (χ4v) is 3.07. The third-order valence-electron chi connectivity index (χ3n) is 4.54. The van der Waals surface area contributed by atoms with Gasteiger partial charge < -0.3 is 25.4 Å². The van der Waals surface area contributed by atoms with E-state index in [1.807, 2.05) is 0 Å². The molecule has 7 nitrogen and oxygen atoms in total. The van der Waals surface area contributed by atoms with Gasteiger partial charge in [0.15, 0.2) is 5.82 Å². The molecule has 2 amide bonds. The molecule has 1 aliphatic rings. The van der Waals surface area contributed by atoms with Gasteiger partial charge in [0.25, 0.3) is 0 Å². The molecule has 0 spiro atoms. The average Bonchev–Trinajstić information content (AvgIpc) is 3.25. The number of aromatic nitrogens is 1. The molecule has 1 aliphatic heterocycles. The number of amides is 2. The molecule has 0 saturated carbocycles. The average molecular weight is 424 g/mol. The Bertz CT molecular complexity index is 857. The topological polar surface area (TPSA) is 86.7 Å². The van der Waals surface area contributed by atoms with E-state index in [1.165, 1.54) is 12.1 Å². The predicted molar refractivity (Wildman–Crippen MR) is 106 cm³/mol. The Morgan fingerprint density at radius 1 is 1.23 bits per heavy atom. The minimum Gasteiger partial charge on any atom is -0.491 e. The molecule has 1 aromatic heterocycles. The van der Waals surface area contributed by atoms with Crippen LogP contribution in [0.4, 0.5) is 29.5 Å². The number of nitrogens with one attached hydrogen (secondary N) is 2. The number of hydrogen-bond acceptors (Lipinski definition) is 5. The van der Waals surface area contributed by atoms with Gasteiger partial charge in [-0.15, -0.1) is 0 Å². The molecule has 0 bridgehead atoms. The number of halogens is 3. The molecule has 1 atom stereocenters. The van der Waals surface area contributed by atoms with Gasteiger partial charge in [0.1, 0.15) is 18.5 Å². The molecule has 10 heteroatoms. The van der Waals surface area contributed by atoms with Gasteiger partial charge in [0, 0.05) is 25.8 Å². The molecule has 162 valence electrons. The first-order chi connectivity index (χ1) is 14.3. The van der Waals surface area contributed by atoms with Crippen LogP contribution in [0, 0.1) is 0 Å². The molecule has 1 aromatic carbocycles. The number of aliphatic hydroxyl groups excluding tert-OH is 1. The maximum atomic E-state index is 12.7. The van der Waals surface area contributed by atoms with Gasteiger partial charge in [-0.1, -0.05) is 6.07 Å². The second-order valence-corrected chi connectivity index (χ2v) is 6.89. The van der Waals surface area contributed by atoms with Crippen LogP contribution >= 0.6 is 0 Å². The first-order valence-corrected chi connectivity index (χ1v) is 9.56. The van der Waals surface area contributed by atoms with E-state index in [1.54, 1.807) is 18.3 Å². The van der Waals surface area contributed by atoms with Crippen LogP contribution in [0.1, 0.15) is 18.4 Å². The zero-order valence-corrected chi connectivity index (χ0v) is 16.2. The van der Waals surface area contributed by atoms with Crippen LogP contribution < -0.4 is 20.3 Å². The number of rotatable bonds is 7. The van der Waals surface area contributed by atoms with Crippen LogP contribution in [0.2, 0.25) is 0 Å². The monoisotopic (exact) mass is 424 g/mol. The van der Waals surface area contributed by atoms with Crippen molar-refractivity contribution in [3.63, 3.8) is 0 Å². The molecule has 1 saturated heterocycles. The van der Waals surface area contributed by atoms with Crippen LogP contribution in [0.5, 0.6) is 5.75 Å². The summed E-state index contributed by atoms with van der Waals surface area (Å²) in [5, 5.41) is 15.2. The van der Waals surface area contributed by atoms with Crippen molar-refractivity contribution in [2.75, 3.05) is 36.5 Å². The molecule has 2 heterocycles. The van der Waals surface area contributed by atoms with E-state index in [0.717, 1.165) is 38.1 Å². The number of benzene rings is 1. The Balaban J connectivity index is 1.46. The summed E-state index contributed by atoms with van der Waals surface area (Å²) in [5.41, 5.74) is -0.274. The minimum absolute atomic E-state index is 0.0149. The van der Waals surface area contributed by atoms with Gasteiger partial charge in [0.05, 0.1) is 11.3 Å². The Morgan fingerprint density at radius 3 is 2.73 bits per heavy atom. The molecule has 1 unspecified atom stereocenters. The maximum Gasteiger partial charge on any atom is 0.416 e. The lowest BCUT2D eigenvalue weighted by Gasteiger charge is -2.20. The smallest absolute Gasteiger partial charge is 0.416 e. The molecule has 2 aromatic rings. The van der Waals surface area contributed by atoms with Crippen LogP contribution in [0.25, 0.3) is 0 Å². The van der Waals surface area contributed by atoms with Crippen molar-refractivity contribution >= 4 is 17.5 Å². The summed E-state index contributed by atoms with van der Waals surface area (Å²) in [6, 6.07) is 7.31. The summed E-state index contributed by atoms with van der Waals surface area (Å²) >= 11 is 0. The van der Waals surface area contributed by atoms with E-state index in [9.17, 15) is 23.1 Å². The zero-order chi connectivity index (χ0) is 21.6. The van der Waals surface area contributed by atoms with E-state index >= 15 is 0 Å². The lowest BCUT2D eigenvalue weighted by molar-refractivity contribution is -0.137. The standard InChI is InChI=1S/C20H23F3N4O3/c21-20(22,23)14-5-3-6-16(11-14)30-13-15(28)12-25-19(29)26-17-7-4-8-24-18(17)27-9-1-2-10-27/h3-8,11,15,28H,1-2,9-10,12-13H2,(H2,25,26,29). The fraction of sp³-hybridized carbons (Fsp3) is 0.400. The van der Waals surface area contributed by atoms with E-state index in [-0.39, 0.29) is 18.9 Å². The maximum absolute atomic E-state index is 12.7. The second-order valence-electron chi connectivity index (χ2n) is 6.89. The summed E-state index contributed by atoms with van der Waals surface area (Å²) in [5.74, 6) is 0.678. The highest BCUT2D eigenvalue weighted by Crippen LogP contribution is 2.31. The largest absolute Gasteiger partial charge is 0.491 e. The van der Waals surface area contributed by atoms with Gasteiger partial charge >= 0.3 is 12.2 Å². The Morgan fingerprint density at radius 2 is 2.00 bits per heavy atom. The molecule has 0 aliphatic carbocycles. The summed E-state index contributed by atoms with van der Waals surface area (Å²) < 4.78 is 43.3. The number of hydrogen-bond donors (Lipinski definition) is 3. The number of carbonyl (C=O) groups is 1. The van der Waals surface area contributed by atoms with E-state index in [2.05, 4.69) is 20.5 Å². The van der Waals surface area contributed by atoms with Crippen LogP contribution in [-0.4, -0.2) is 48.5 Å². The summed E-state index contributed by atoms with van der Waals surface area (Å²) in [6.07, 6.45) is -1.78. The molecule has 3 rings (SSSR count). The molecular weight excluding hydrogens is 401 g/mol.